The maximum absolute atomic E-state index is 9.55. The van der Waals surface area contributed by atoms with Crippen LogP contribution >= 0.6 is 0 Å². The Morgan fingerprint density at radius 3 is 2.17 bits per heavy atom. The molecule has 0 aliphatic rings. The maximum atomic E-state index is 9.55. The van der Waals surface area contributed by atoms with Gasteiger partial charge >= 0.3 is 0 Å². The number of phenolic OH excluding ortho intramolecular Hbond substituents is 1. The van der Waals surface area contributed by atoms with Gasteiger partial charge in [0, 0.05) is 0 Å². The first-order valence-corrected chi connectivity index (χ1v) is 3.69. The lowest BCUT2D eigenvalue weighted by Gasteiger charge is -2.20. The summed E-state index contributed by atoms with van der Waals surface area (Å²) in [5, 5.41) is 27.3. The molecule has 0 aromatic heterocycles. The molecule has 3 nitrogen and oxygen atoms in total. The van der Waals surface area contributed by atoms with Crippen LogP contribution in [0.2, 0.25) is 0 Å². The van der Waals surface area contributed by atoms with E-state index in [0.29, 0.717) is 5.56 Å². The quantitative estimate of drug-likeness (QED) is 0.605. The van der Waals surface area contributed by atoms with Gasteiger partial charge in [-0.15, -0.1) is 0 Å². The lowest BCUT2D eigenvalue weighted by atomic mass is 9.97. The van der Waals surface area contributed by atoms with Crippen molar-refractivity contribution in [3.8, 4) is 5.75 Å². The summed E-state index contributed by atoms with van der Waals surface area (Å²) in [4.78, 5) is 0. The minimum atomic E-state index is -1.23. The normalized spacial score (nSPS) is 15.6. The van der Waals surface area contributed by atoms with Crippen LogP contribution in [0.3, 0.4) is 0 Å². The van der Waals surface area contributed by atoms with Gasteiger partial charge < -0.3 is 15.3 Å². The Kier molecular flexibility index (Phi) is 2.35. The van der Waals surface area contributed by atoms with Crippen molar-refractivity contribution in [1.29, 1.82) is 0 Å². The second kappa shape index (κ2) is 3.13. The molecule has 0 saturated heterocycles. The van der Waals surface area contributed by atoms with E-state index < -0.39 is 5.60 Å². The van der Waals surface area contributed by atoms with Gasteiger partial charge in [0.1, 0.15) is 11.4 Å². The zero-order valence-electron chi connectivity index (χ0n) is 6.86. The number of aliphatic hydroxyl groups is 2. The van der Waals surface area contributed by atoms with E-state index in [-0.39, 0.29) is 12.4 Å². The zero-order valence-corrected chi connectivity index (χ0v) is 6.86. The Balaban J connectivity index is 2.96. The average molecular weight is 168 g/mol. The van der Waals surface area contributed by atoms with Gasteiger partial charge in [0.15, 0.2) is 0 Å². The number of aliphatic hydroxyl groups excluding tert-OH is 1. The fourth-order valence-corrected chi connectivity index (χ4v) is 0.912. The Hall–Kier alpha value is -1.06. The van der Waals surface area contributed by atoms with Crippen molar-refractivity contribution in [1.82, 2.24) is 0 Å². The van der Waals surface area contributed by atoms with Gasteiger partial charge in [-0.25, -0.2) is 0 Å². The predicted octanol–water partition coefficient (Wildman–Crippen LogP) is 0.592. The van der Waals surface area contributed by atoms with Crippen LogP contribution in [0.25, 0.3) is 0 Å². The number of aromatic hydroxyl groups is 1. The first-order valence-electron chi connectivity index (χ1n) is 3.69. The fraction of sp³-hybridized carbons (Fsp3) is 0.333. The minimum absolute atomic E-state index is 0.146. The lowest BCUT2D eigenvalue weighted by Crippen LogP contribution is -2.25. The zero-order chi connectivity index (χ0) is 9.19. The van der Waals surface area contributed by atoms with Gasteiger partial charge in [-0.1, -0.05) is 12.1 Å². The van der Waals surface area contributed by atoms with Gasteiger partial charge in [-0.3, -0.25) is 0 Å². The number of rotatable bonds is 2. The molecular weight excluding hydrogens is 156 g/mol. The molecule has 0 bridgehead atoms. The molecule has 0 heterocycles. The molecule has 1 aromatic carbocycles. The standard InChI is InChI=1S/C9H12O3/c1-9(12,6-10)7-2-4-8(11)5-3-7/h2-5,10-12H,6H2,1H3. The Morgan fingerprint density at radius 2 is 1.75 bits per heavy atom. The van der Waals surface area contributed by atoms with Crippen molar-refractivity contribution in [3.05, 3.63) is 29.8 Å². The van der Waals surface area contributed by atoms with Crippen LogP contribution in [0.1, 0.15) is 12.5 Å². The number of benzene rings is 1. The highest BCUT2D eigenvalue weighted by atomic mass is 16.3. The van der Waals surface area contributed by atoms with Gasteiger partial charge in [0.2, 0.25) is 0 Å². The molecular formula is C9H12O3. The molecule has 0 aliphatic carbocycles. The molecule has 0 amide bonds. The molecule has 12 heavy (non-hydrogen) atoms. The topological polar surface area (TPSA) is 60.7 Å². The Morgan fingerprint density at radius 1 is 1.25 bits per heavy atom. The number of phenols is 1. The highest BCUT2D eigenvalue weighted by Gasteiger charge is 2.21. The SMILES string of the molecule is CC(O)(CO)c1ccc(O)cc1. The summed E-state index contributed by atoms with van der Waals surface area (Å²) in [5.74, 6) is 0.146. The molecule has 0 radical (unpaired) electrons. The monoisotopic (exact) mass is 168 g/mol. The van der Waals surface area contributed by atoms with Crippen LogP contribution in [0.15, 0.2) is 24.3 Å². The van der Waals surface area contributed by atoms with Crippen LogP contribution in [0.4, 0.5) is 0 Å². The van der Waals surface area contributed by atoms with Crippen LogP contribution in [-0.2, 0) is 5.60 Å². The average Bonchev–Trinajstić information content (AvgIpc) is 2.05. The molecule has 66 valence electrons. The summed E-state index contributed by atoms with van der Waals surface area (Å²) in [5.41, 5.74) is -0.643. The second-order valence-electron chi connectivity index (χ2n) is 2.98. The molecule has 3 N–H and O–H groups in total. The fourth-order valence-electron chi connectivity index (χ4n) is 0.912. The van der Waals surface area contributed by atoms with E-state index in [1.54, 1.807) is 12.1 Å². The molecule has 3 heteroatoms. The smallest absolute Gasteiger partial charge is 0.115 e. The van der Waals surface area contributed by atoms with Crippen molar-refractivity contribution >= 4 is 0 Å². The summed E-state index contributed by atoms with van der Waals surface area (Å²) in [7, 11) is 0. The third-order valence-electron chi connectivity index (χ3n) is 1.80. The highest BCUT2D eigenvalue weighted by Crippen LogP contribution is 2.21. The first-order chi connectivity index (χ1) is 5.56. The van der Waals surface area contributed by atoms with Crippen molar-refractivity contribution in [3.63, 3.8) is 0 Å². The summed E-state index contributed by atoms with van der Waals surface area (Å²) in [6, 6.07) is 6.09. The van der Waals surface area contributed by atoms with Crippen molar-refractivity contribution < 1.29 is 15.3 Å². The van der Waals surface area contributed by atoms with Crippen LogP contribution < -0.4 is 0 Å². The van der Waals surface area contributed by atoms with Gasteiger partial charge in [-0.05, 0) is 24.6 Å². The van der Waals surface area contributed by atoms with Gasteiger partial charge in [-0.2, -0.15) is 0 Å². The molecule has 0 aliphatic heterocycles. The maximum Gasteiger partial charge on any atom is 0.115 e. The summed E-state index contributed by atoms with van der Waals surface area (Å²) >= 11 is 0. The Bertz CT molecular complexity index is 251. The predicted molar refractivity (Wildman–Crippen MR) is 44.8 cm³/mol. The number of hydrogen-bond acceptors (Lipinski definition) is 3. The first kappa shape index (κ1) is 9.03. The third-order valence-corrected chi connectivity index (χ3v) is 1.80. The highest BCUT2D eigenvalue weighted by molar-refractivity contribution is 5.29. The van der Waals surface area contributed by atoms with Crippen molar-refractivity contribution in [2.45, 2.75) is 12.5 Å². The molecule has 1 rings (SSSR count). The van der Waals surface area contributed by atoms with Gasteiger partial charge in [0.05, 0.1) is 6.61 Å². The Labute approximate surface area is 70.9 Å². The van der Waals surface area contributed by atoms with E-state index in [0.717, 1.165) is 0 Å². The van der Waals surface area contributed by atoms with E-state index in [9.17, 15) is 5.11 Å². The molecule has 0 fully saturated rings. The van der Waals surface area contributed by atoms with Crippen molar-refractivity contribution in [2.75, 3.05) is 6.61 Å². The summed E-state index contributed by atoms with van der Waals surface area (Å²) < 4.78 is 0. The van der Waals surface area contributed by atoms with Crippen molar-refractivity contribution in [2.24, 2.45) is 0 Å². The molecule has 1 aromatic rings. The summed E-state index contributed by atoms with van der Waals surface area (Å²) in [6.07, 6.45) is 0. The van der Waals surface area contributed by atoms with E-state index in [2.05, 4.69) is 0 Å². The van der Waals surface area contributed by atoms with E-state index in [1.165, 1.54) is 19.1 Å². The second-order valence-corrected chi connectivity index (χ2v) is 2.98. The molecule has 0 spiro atoms. The minimum Gasteiger partial charge on any atom is -0.508 e. The van der Waals surface area contributed by atoms with Gasteiger partial charge in [0.25, 0.3) is 0 Å². The van der Waals surface area contributed by atoms with Crippen LogP contribution in [0, 0.1) is 0 Å². The molecule has 0 saturated carbocycles. The lowest BCUT2D eigenvalue weighted by molar-refractivity contribution is -0.00230. The number of hydrogen-bond donors (Lipinski definition) is 3. The van der Waals surface area contributed by atoms with Crippen LogP contribution in [0.5, 0.6) is 5.75 Å². The molecule has 1 atom stereocenters. The van der Waals surface area contributed by atoms with E-state index in [1.807, 2.05) is 0 Å². The van der Waals surface area contributed by atoms with E-state index >= 15 is 0 Å². The third kappa shape index (κ3) is 1.75. The van der Waals surface area contributed by atoms with Crippen LogP contribution in [-0.4, -0.2) is 21.9 Å². The summed E-state index contributed by atoms with van der Waals surface area (Å²) in [6.45, 7) is 1.18. The largest absolute Gasteiger partial charge is 0.508 e. The van der Waals surface area contributed by atoms with E-state index in [4.69, 9.17) is 10.2 Å². The molecule has 1 unspecified atom stereocenters.